The third-order valence-electron chi connectivity index (χ3n) is 5.81. The molecule has 0 aromatic heterocycles. The smallest absolute Gasteiger partial charge is 0.225 e. The zero-order valence-electron chi connectivity index (χ0n) is 16.5. The van der Waals surface area contributed by atoms with E-state index in [2.05, 4.69) is 0 Å². The second-order valence-corrected chi connectivity index (χ2v) is 8.13. The van der Waals surface area contributed by atoms with Gasteiger partial charge in [0, 0.05) is 10.6 Å². The molecule has 2 aromatic rings. The van der Waals surface area contributed by atoms with Crippen LogP contribution in [-0.4, -0.2) is 64.2 Å². The summed E-state index contributed by atoms with van der Waals surface area (Å²) in [5.41, 5.74) is 0.719. The van der Waals surface area contributed by atoms with Gasteiger partial charge >= 0.3 is 0 Å². The zero-order valence-corrected chi connectivity index (χ0v) is 17.2. The highest BCUT2D eigenvalue weighted by Gasteiger charge is 2.67. The summed E-state index contributed by atoms with van der Waals surface area (Å²) in [4.78, 5) is 0. The summed E-state index contributed by atoms with van der Waals surface area (Å²) in [6.07, 6.45) is -4.06. The molecule has 0 spiro atoms. The lowest BCUT2D eigenvalue weighted by Crippen LogP contribution is -2.65. The van der Waals surface area contributed by atoms with E-state index in [9.17, 15) is 20.4 Å². The van der Waals surface area contributed by atoms with Crippen LogP contribution in [0, 0.1) is 0 Å². The van der Waals surface area contributed by atoms with Gasteiger partial charge in [0.05, 0.1) is 19.8 Å². The number of fused-ring (bicyclic) bond motifs is 2. The lowest BCUT2D eigenvalue weighted by atomic mass is 9.83. The molecule has 5 atom stereocenters. The predicted molar refractivity (Wildman–Crippen MR) is 108 cm³/mol. The van der Waals surface area contributed by atoms with Gasteiger partial charge in [0.25, 0.3) is 0 Å². The van der Waals surface area contributed by atoms with Crippen LogP contribution in [0.3, 0.4) is 0 Å². The Balaban J connectivity index is 1.66. The van der Waals surface area contributed by atoms with E-state index < -0.39 is 36.3 Å². The first-order valence-electron chi connectivity index (χ1n) is 9.85. The largest absolute Gasteiger partial charge is 0.494 e. The summed E-state index contributed by atoms with van der Waals surface area (Å²) in [6.45, 7) is 1.78. The number of hydrogen-bond acceptors (Lipinski definition) is 7. The number of halogens is 1. The van der Waals surface area contributed by atoms with E-state index in [4.69, 9.17) is 25.8 Å². The highest BCUT2D eigenvalue weighted by molar-refractivity contribution is 6.31. The molecule has 0 saturated carbocycles. The molecule has 8 heteroatoms. The average molecular weight is 437 g/mol. The lowest BCUT2D eigenvalue weighted by Gasteiger charge is -2.46. The van der Waals surface area contributed by atoms with Crippen molar-refractivity contribution in [1.29, 1.82) is 0 Å². The number of aliphatic hydroxyl groups is 4. The van der Waals surface area contributed by atoms with Crippen LogP contribution in [0.4, 0.5) is 0 Å². The topological polar surface area (TPSA) is 109 Å². The molecule has 2 aromatic carbocycles. The number of benzene rings is 2. The van der Waals surface area contributed by atoms with Crippen molar-refractivity contribution >= 4 is 11.6 Å². The lowest BCUT2D eigenvalue weighted by molar-refractivity contribution is -0.329. The fourth-order valence-electron chi connectivity index (χ4n) is 4.09. The second kappa shape index (κ2) is 8.09. The van der Waals surface area contributed by atoms with Crippen LogP contribution in [0.25, 0.3) is 0 Å². The minimum Gasteiger partial charge on any atom is -0.494 e. The molecule has 2 saturated heterocycles. The van der Waals surface area contributed by atoms with Gasteiger partial charge in [-0.15, -0.1) is 0 Å². The molecule has 0 amide bonds. The Morgan fingerprint density at radius 2 is 1.83 bits per heavy atom. The van der Waals surface area contributed by atoms with Gasteiger partial charge in [-0.3, -0.25) is 0 Å². The van der Waals surface area contributed by atoms with Crippen LogP contribution >= 0.6 is 11.6 Å². The first-order chi connectivity index (χ1) is 14.3. The Kier molecular flexibility index (Phi) is 5.80. The van der Waals surface area contributed by atoms with E-state index in [1.165, 1.54) is 0 Å². The van der Waals surface area contributed by atoms with Crippen LogP contribution in [-0.2, 0) is 21.7 Å². The number of aliphatic hydroxyl groups excluding tert-OH is 4. The Labute approximate surface area is 179 Å². The summed E-state index contributed by atoms with van der Waals surface area (Å²) < 4.78 is 17.1. The van der Waals surface area contributed by atoms with Gasteiger partial charge in [0.1, 0.15) is 29.7 Å². The fourth-order valence-corrected chi connectivity index (χ4v) is 4.28. The minimum atomic E-state index is -1.71. The molecule has 2 bridgehead atoms. The normalized spacial score (nSPS) is 32.9. The zero-order chi connectivity index (χ0) is 21.5. The van der Waals surface area contributed by atoms with Crippen LogP contribution in [0.15, 0.2) is 42.5 Å². The van der Waals surface area contributed by atoms with E-state index in [-0.39, 0.29) is 6.61 Å². The molecule has 0 radical (unpaired) electrons. The van der Waals surface area contributed by atoms with Crippen molar-refractivity contribution in [2.24, 2.45) is 0 Å². The Bertz CT molecular complexity index is 905. The Morgan fingerprint density at radius 1 is 1.10 bits per heavy atom. The van der Waals surface area contributed by atoms with Crippen LogP contribution < -0.4 is 4.74 Å². The van der Waals surface area contributed by atoms with Gasteiger partial charge in [0.15, 0.2) is 0 Å². The molecule has 7 nitrogen and oxygen atoms in total. The molecule has 4 rings (SSSR count). The summed E-state index contributed by atoms with van der Waals surface area (Å²) in [5, 5.41) is 41.7. The van der Waals surface area contributed by atoms with Crippen LogP contribution in [0.2, 0.25) is 5.02 Å². The Hall–Kier alpha value is -1.71. The van der Waals surface area contributed by atoms with Crippen molar-refractivity contribution < 1.29 is 34.6 Å². The maximum atomic E-state index is 10.7. The van der Waals surface area contributed by atoms with Crippen molar-refractivity contribution in [2.45, 2.75) is 43.0 Å². The number of hydrogen-bond donors (Lipinski definition) is 4. The van der Waals surface area contributed by atoms with Crippen molar-refractivity contribution in [3.05, 3.63) is 64.2 Å². The predicted octanol–water partition coefficient (Wildman–Crippen LogP) is 1.36. The number of ether oxygens (including phenoxy) is 3. The first-order valence-corrected chi connectivity index (χ1v) is 10.2. The van der Waals surface area contributed by atoms with Crippen molar-refractivity contribution in [2.75, 3.05) is 19.8 Å². The molecule has 2 fully saturated rings. The average Bonchev–Trinajstić information content (AvgIpc) is 3.14. The summed E-state index contributed by atoms with van der Waals surface area (Å²) in [7, 11) is 0. The van der Waals surface area contributed by atoms with Crippen molar-refractivity contribution in [1.82, 2.24) is 0 Å². The van der Waals surface area contributed by atoms with Gasteiger partial charge < -0.3 is 34.6 Å². The molecule has 0 unspecified atom stereocenters. The van der Waals surface area contributed by atoms with Crippen molar-refractivity contribution in [3.8, 4) is 5.75 Å². The van der Waals surface area contributed by atoms with Gasteiger partial charge in [-0.25, -0.2) is 0 Å². The van der Waals surface area contributed by atoms with E-state index in [0.29, 0.717) is 23.6 Å². The summed E-state index contributed by atoms with van der Waals surface area (Å²) in [5.74, 6) is -0.925. The van der Waals surface area contributed by atoms with Crippen molar-refractivity contribution in [3.63, 3.8) is 0 Å². The van der Waals surface area contributed by atoms with Crippen LogP contribution in [0.5, 0.6) is 5.75 Å². The maximum Gasteiger partial charge on any atom is 0.225 e. The van der Waals surface area contributed by atoms with Gasteiger partial charge in [0.2, 0.25) is 5.79 Å². The second-order valence-electron chi connectivity index (χ2n) is 7.72. The molecular weight excluding hydrogens is 412 g/mol. The monoisotopic (exact) mass is 436 g/mol. The minimum absolute atomic E-state index is 0.171. The fraction of sp³-hybridized carbons (Fsp3) is 0.455. The van der Waals surface area contributed by atoms with Crippen LogP contribution in [0.1, 0.15) is 23.6 Å². The van der Waals surface area contributed by atoms with E-state index in [0.717, 1.165) is 16.9 Å². The highest BCUT2D eigenvalue weighted by atomic mass is 35.5. The first kappa shape index (κ1) is 21.5. The maximum absolute atomic E-state index is 10.7. The molecule has 4 N–H and O–H groups in total. The van der Waals surface area contributed by atoms with Gasteiger partial charge in [-0.05, 0) is 48.7 Å². The molecule has 2 aliphatic heterocycles. The van der Waals surface area contributed by atoms with E-state index in [1.54, 1.807) is 18.2 Å². The third-order valence-corrected chi connectivity index (χ3v) is 6.17. The standard InChI is InChI=1S/C22H25ClO7/c1-2-28-16-6-3-13(4-7-16)9-14-10-15(5-8-17(14)23)22-20(27)18(25)19(26)21(11-24,30-22)12-29-22/h3-8,10,18-20,24-27H,2,9,11-12H2,1H3/t18-,19+,20-,21-,22-/m0/s1. The summed E-state index contributed by atoms with van der Waals surface area (Å²) >= 11 is 6.41. The Morgan fingerprint density at radius 3 is 2.50 bits per heavy atom. The molecule has 2 heterocycles. The number of rotatable bonds is 6. The molecule has 2 aliphatic rings. The van der Waals surface area contributed by atoms with Gasteiger partial charge in [-0.1, -0.05) is 29.8 Å². The SMILES string of the molecule is CCOc1ccc(Cc2cc([C@]34OC[C@](CO)(O3)[C@H](O)[C@H](O)[C@@H]4O)ccc2Cl)cc1. The quantitative estimate of drug-likeness (QED) is 0.541. The van der Waals surface area contributed by atoms with E-state index in [1.807, 2.05) is 31.2 Å². The van der Waals surface area contributed by atoms with Gasteiger partial charge in [-0.2, -0.15) is 0 Å². The molecule has 30 heavy (non-hydrogen) atoms. The molecular formula is C22H25ClO7. The third kappa shape index (κ3) is 3.40. The highest BCUT2D eigenvalue weighted by Crippen LogP contribution is 2.49. The summed E-state index contributed by atoms with van der Waals surface area (Å²) in [6, 6.07) is 12.7. The van der Waals surface area contributed by atoms with E-state index >= 15 is 0 Å². The molecule has 0 aliphatic carbocycles. The molecule has 162 valence electrons.